The Morgan fingerprint density at radius 1 is 1.28 bits per heavy atom. The van der Waals surface area contributed by atoms with E-state index in [2.05, 4.69) is 15.3 Å². The molecule has 0 radical (unpaired) electrons. The molecule has 2 aliphatic rings. The molecule has 3 N–H and O–H groups in total. The molecule has 6 nitrogen and oxygen atoms in total. The summed E-state index contributed by atoms with van der Waals surface area (Å²) in [6.45, 7) is 0.632. The zero-order valence-electron chi connectivity index (χ0n) is 15.1. The number of hydrogen-bond donors (Lipinski definition) is 3. The Hall–Kier alpha value is -1.08. The lowest BCUT2D eigenvalue weighted by molar-refractivity contribution is 0.0715. The Kier molecular flexibility index (Phi) is 6.76. The Labute approximate surface area is 150 Å². The molecule has 0 spiro atoms. The normalized spacial score (nSPS) is 30.2. The number of aromatic nitrogens is 2. The average molecular weight is 349 g/mol. The van der Waals surface area contributed by atoms with Crippen LogP contribution in [0.3, 0.4) is 0 Å². The molecule has 0 amide bonds. The van der Waals surface area contributed by atoms with Crippen LogP contribution in [0.5, 0.6) is 0 Å². The zero-order chi connectivity index (χ0) is 17.6. The van der Waals surface area contributed by atoms with Gasteiger partial charge in [0.15, 0.2) is 0 Å². The molecule has 140 valence electrons. The lowest BCUT2D eigenvalue weighted by atomic mass is 9.88. The van der Waals surface area contributed by atoms with Crippen molar-refractivity contribution in [2.24, 2.45) is 11.8 Å². The van der Waals surface area contributed by atoms with Gasteiger partial charge in [-0.05, 0) is 37.7 Å². The number of aliphatic hydroxyl groups is 2. The first-order chi connectivity index (χ1) is 12.2. The Balaban J connectivity index is 1.69. The molecule has 0 saturated heterocycles. The third kappa shape index (κ3) is 4.76. The van der Waals surface area contributed by atoms with Crippen LogP contribution in [0.25, 0.3) is 0 Å². The third-order valence-corrected chi connectivity index (χ3v) is 5.81. The summed E-state index contributed by atoms with van der Waals surface area (Å²) < 4.78 is 5.10. The van der Waals surface area contributed by atoms with Gasteiger partial charge in [-0.1, -0.05) is 12.8 Å². The highest BCUT2D eigenvalue weighted by molar-refractivity contribution is 5.08. The van der Waals surface area contributed by atoms with Crippen LogP contribution in [-0.4, -0.2) is 58.7 Å². The molecule has 0 aromatic carbocycles. The summed E-state index contributed by atoms with van der Waals surface area (Å²) in [5.74, 6) is 0.904. The summed E-state index contributed by atoms with van der Waals surface area (Å²) in [4.78, 5) is 8.95. The molecule has 1 aromatic heterocycles. The standard InChI is InChI=1S/C19H31N3O3/c1-25-9-7-19-20-8-6-14(22-19)10-15-16(12-23)18(24)11-17(15)21-13-4-2-3-5-13/h6,8,13,15-18,21,23-24H,2-5,7,9-12H2,1H3. The van der Waals surface area contributed by atoms with Crippen LogP contribution in [0, 0.1) is 11.8 Å². The minimum absolute atomic E-state index is 0.0241. The van der Waals surface area contributed by atoms with Gasteiger partial charge in [-0.15, -0.1) is 0 Å². The highest BCUT2D eigenvalue weighted by Gasteiger charge is 2.43. The van der Waals surface area contributed by atoms with E-state index in [0.717, 1.165) is 17.9 Å². The van der Waals surface area contributed by atoms with Crippen molar-refractivity contribution in [3.63, 3.8) is 0 Å². The van der Waals surface area contributed by atoms with Gasteiger partial charge in [-0.3, -0.25) is 0 Å². The van der Waals surface area contributed by atoms with Crippen LogP contribution in [0.1, 0.15) is 43.6 Å². The van der Waals surface area contributed by atoms with Gasteiger partial charge < -0.3 is 20.3 Å². The molecule has 0 aliphatic heterocycles. The SMILES string of the molecule is COCCc1nccc(CC2C(NC3CCCC3)CC(O)C2CO)n1. The van der Waals surface area contributed by atoms with Gasteiger partial charge >= 0.3 is 0 Å². The minimum atomic E-state index is -0.441. The molecular formula is C19H31N3O3. The van der Waals surface area contributed by atoms with Crippen molar-refractivity contribution >= 4 is 0 Å². The monoisotopic (exact) mass is 349 g/mol. The minimum Gasteiger partial charge on any atom is -0.396 e. The second-order valence-electron chi connectivity index (χ2n) is 7.48. The molecule has 4 atom stereocenters. The molecule has 2 fully saturated rings. The summed E-state index contributed by atoms with van der Waals surface area (Å²) in [5.41, 5.74) is 0.983. The molecule has 6 heteroatoms. The quantitative estimate of drug-likeness (QED) is 0.651. The molecule has 1 aromatic rings. The molecule has 0 bridgehead atoms. The highest BCUT2D eigenvalue weighted by atomic mass is 16.5. The van der Waals surface area contributed by atoms with Gasteiger partial charge in [-0.2, -0.15) is 0 Å². The van der Waals surface area contributed by atoms with E-state index in [4.69, 9.17) is 4.74 Å². The number of methoxy groups -OCH3 is 1. The van der Waals surface area contributed by atoms with Crippen LogP contribution < -0.4 is 5.32 Å². The Morgan fingerprint density at radius 3 is 2.80 bits per heavy atom. The molecule has 4 unspecified atom stereocenters. The van der Waals surface area contributed by atoms with E-state index in [1.807, 2.05) is 6.07 Å². The first-order valence-electron chi connectivity index (χ1n) is 9.56. The van der Waals surface area contributed by atoms with E-state index in [0.29, 0.717) is 25.5 Å². The highest BCUT2D eigenvalue weighted by Crippen LogP contribution is 2.36. The van der Waals surface area contributed by atoms with Gasteiger partial charge in [0.1, 0.15) is 5.82 Å². The predicted molar refractivity (Wildman–Crippen MR) is 95.2 cm³/mol. The summed E-state index contributed by atoms with van der Waals surface area (Å²) in [5, 5.41) is 24.0. The maximum Gasteiger partial charge on any atom is 0.130 e. The third-order valence-electron chi connectivity index (χ3n) is 5.81. The number of nitrogens with zero attached hydrogens (tertiary/aromatic N) is 2. The second kappa shape index (κ2) is 9.03. The van der Waals surface area contributed by atoms with E-state index < -0.39 is 6.10 Å². The first kappa shape index (κ1) is 18.7. The van der Waals surface area contributed by atoms with Gasteiger partial charge in [-0.25, -0.2) is 9.97 Å². The van der Waals surface area contributed by atoms with E-state index in [-0.39, 0.29) is 24.5 Å². The average Bonchev–Trinajstić information content (AvgIpc) is 3.22. The van der Waals surface area contributed by atoms with E-state index in [1.54, 1.807) is 13.3 Å². The molecule has 3 rings (SSSR count). The van der Waals surface area contributed by atoms with E-state index in [9.17, 15) is 10.2 Å². The van der Waals surface area contributed by atoms with Crippen LogP contribution in [0.2, 0.25) is 0 Å². The molecule has 2 aliphatic carbocycles. The summed E-state index contributed by atoms with van der Waals surface area (Å²) in [7, 11) is 1.68. The molecule has 25 heavy (non-hydrogen) atoms. The Morgan fingerprint density at radius 2 is 2.08 bits per heavy atom. The number of ether oxygens (including phenoxy) is 1. The van der Waals surface area contributed by atoms with E-state index in [1.165, 1.54) is 25.7 Å². The number of nitrogens with one attached hydrogen (secondary N) is 1. The fourth-order valence-electron chi connectivity index (χ4n) is 4.44. The number of aliphatic hydroxyl groups excluding tert-OH is 2. The van der Waals surface area contributed by atoms with Crippen molar-refractivity contribution in [1.29, 1.82) is 0 Å². The topological polar surface area (TPSA) is 87.5 Å². The van der Waals surface area contributed by atoms with Crippen molar-refractivity contribution in [1.82, 2.24) is 15.3 Å². The summed E-state index contributed by atoms with van der Waals surface area (Å²) in [6.07, 6.45) is 8.55. The summed E-state index contributed by atoms with van der Waals surface area (Å²) >= 11 is 0. The van der Waals surface area contributed by atoms with Crippen molar-refractivity contribution < 1.29 is 14.9 Å². The maximum atomic E-state index is 10.4. The van der Waals surface area contributed by atoms with Gasteiger partial charge in [0.2, 0.25) is 0 Å². The maximum absolute atomic E-state index is 10.4. The number of rotatable bonds is 8. The van der Waals surface area contributed by atoms with Crippen LogP contribution in [0.15, 0.2) is 12.3 Å². The molecule has 1 heterocycles. The van der Waals surface area contributed by atoms with Crippen molar-refractivity contribution in [2.45, 2.75) is 63.1 Å². The summed E-state index contributed by atoms with van der Waals surface area (Å²) in [6, 6.07) is 2.75. The van der Waals surface area contributed by atoms with Gasteiger partial charge in [0, 0.05) is 50.0 Å². The van der Waals surface area contributed by atoms with Crippen LogP contribution in [0.4, 0.5) is 0 Å². The molecular weight excluding hydrogens is 318 g/mol. The smallest absolute Gasteiger partial charge is 0.130 e. The van der Waals surface area contributed by atoms with Crippen LogP contribution in [-0.2, 0) is 17.6 Å². The zero-order valence-corrected chi connectivity index (χ0v) is 15.1. The lowest BCUT2D eigenvalue weighted by Crippen LogP contribution is -2.41. The largest absolute Gasteiger partial charge is 0.396 e. The fourth-order valence-corrected chi connectivity index (χ4v) is 4.44. The van der Waals surface area contributed by atoms with Crippen molar-refractivity contribution in [3.05, 3.63) is 23.8 Å². The van der Waals surface area contributed by atoms with Crippen molar-refractivity contribution in [3.8, 4) is 0 Å². The second-order valence-corrected chi connectivity index (χ2v) is 7.48. The number of hydrogen-bond acceptors (Lipinski definition) is 6. The molecule has 2 saturated carbocycles. The van der Waals surface area contributed by atoms with Crippen molar-refractivity contribution in [2.75, 3.05) is 20.3 Å². The van der Waals surface area contributed by atoms with Gasteiger partial charge in [0.25, 0.3) is 0 Å². The predicted octanol–water partition coefficient (Wildman–Crippen LogP) is 1.10. The Bertz CT molecular complexity index is 536. The fraction of sp³-hybridized carbons (Fsp3) is 0.789. The van der Waals surface area contributed by atoms with Crippen LogP contribution >= 0.6 is 0 Å². The lowest BCUT2D eigenvalue weighted by Gasteiger charge is -2.27. The van der Waals surface area contributed by atoms with Gasteiger partial charge in [0.05, 0.1) is 12.7 Å². The first-order valence-corrected chi connectivity index (χ1v) is 9.56. The van der Waals surface area contributed by atoms with E-state index >= 15 is 0 Å².